The fourth-order valence-electron chi connectivity index (χ4n) is 4.53. The van der Waals surface area contributed by atoms with Crippen LogP contribution in [0.15, 0.2) is 48.8 Å². The van der Waals surface area contributed by atoms with Crippen molar-refractivity contribution in [2.75, 3.05) is 6.54 Å². The van der Waals surface area contributed by atoms with E-state index in [0.29, 0.717) is 12.3 Å². The third-order valence-electron chi connectivity index (χ3n) is 5.85. The average Bonchev–Trinajstić information content (AvgIpc) is 3.00. The van der Waals surface area contributed by atoms with Crippen molar-refractivity contribution in [2.24, 2.45) is 5.92 Å². The van der Waals surface area contributed by atoms with Gasteiger partial charge in [-0.05, 0) is 54.5 Å². The van der Waals surface area contributed by atoms with Gasteiger partial charge in [-0.3, -0.25) is 15.1 Å². The molecule has 2 N–H and O–H groups in total. The average molecular weight is 405 g/mol. The van der Waals surface area contributed by atoms with Crippen LogP contribution in [0.3, 0.4) is 0 Å². The molecule has 3 aromatic rings. The largest absolute Gasteiger partial charge is 0.355 e. The summed E-state index contributed by atoms with van der Waals surface area (Å²) in [5, 5.41) is 8.08. The molecule has 3 heterocycles. The van der Waals surface area contributed by atoms with Gasteiger partial charge < -0.3 is 9.88 Å². The van der Waals surface area contributed by atoms with Gasteiger partial charge >= 0.3 is 0 Å². The zero-order chi connectivity index (χ0) is 21.1. The number of hydrogen-bond acceptors (Lipinski definition) is 3. The van der Waals surface area contributed by atoms with Gasteiger partial charge in [-0.1, -0.05) is 39.0 Å². The summed E-state index contributed by atoms with van der Waals surface area (Å²) in [6.45, 7) is 8.02. The summed E-state index contributed by atoms with van der Waals surface area (Å²) in [6, 6.07) is 12.5. The molecule has 2 aromatic heterocycles. The summed E-state index contributed by atoms with van der Waals surface area (Å²) < 4.78 is 2.29. The van der Waals surface area contributed by atoms with E-state index < -0.39 is 0 Å². The summed E-state index contributed by atoms with van der Waals surface area (Å²) in [6.07, 6.45) is 6.71. The molecule has 1 aliphatic rings. The number of nitrogens with zero attached hydrogens (tertiary/aromatic N) is 2. The first-order valence-corrected chi connectivity index (χ1v) is 11.1. The molecule has 5 heteroatoms. The lowest BCUT2D eigenvalue weighted by molar-refractivity contribution is -0.123. The lowest BCUT2D eigenvalue weighted by Gasteiger charge is -2.25. The molecule has 0 radical (unpaired) electrons. The molecule has 0 bridgehead atoms. The molecule has 1 aromatic carbocycles. The molecule has 0 saturated carbocycles. The maximum absolute atomic E-state index is 12.9. The fourth-order valence-corrected chi connectivity index (χ4v) is 4.53. The minimum absolute atomic E-state index is 0.101. The van der Waals surface area contributed by atoms with E-state index in [1.807, 2.05) is 18.3 Å². The standard InChI is InChI=1S/C25H32N4O/c1-4-11-27-25(30)22-14-18-15-29(16-19-8-5-6-12-26-19)23-10-7-9-20(24(18)23)21(28-22)13-17(2)3/h5-10,12,15,17,21-22,28H,4,11,13-14,16H2,1-3H3,(H,27,30). The van der Waals surface area contributed by atoms with E-state index in [4.69, 9.17) is 0 Å². The number of nitrogens with one attached hydrogen (secondary N) is 2. The molecule has 0 aliphatic carbocycles. The van der Waals surface area contributed by atoms with Crippen LogP contribution in [-0.2, 0) is 17.8 Å². The van der Waals surface area contributed by atoms with Crippen molar-refractivity contribution in [1.82, 2.24) is 20.2 Å². The smallest absolute Gasteiger partial charge is 0.237 e. The normalized spacial score (nSPS) is 18.5. The maximum Gasteiger partial charge on any atom is 0.237 e. The third kappa shape index (κ3) is 4.26. The van der Waals surface area contributed by atoms with Gasteiger partial charge in [0.2, 0.25) is 5.91 Å². The molecule has 30 heavy (non-hydrogen) atoms. The molecule has 4 rings (SSSR count). The van der Waals surface area contributed by atoms with Crippen molar-refractivity contribution < 1.29 is 4.79 Å². The first-order chi connectivity index (χ1) is 14.6. The Kier molecular flexibility index (Phi) is 6.18. The fraction of sp³-hybridized carbons (Fsp3) is 0.440. The summed E-state index contributed by atoms with van der Waals surface area (Å²) in [7, 11) is 0. The zero-order valence-electron chi connectivity index (χ0n) is 18.2. The summed E-state index contributed by atoms with van der Waals surface area (Å²) in [5.41, 5.74) is 4.81. The van der Waals surface area contributed by atoms with Gasteiger partial charge in [0.15, 0.2) is 0 Å². The van der Waals surface area contributed by atoms with Crippen LogP contribution < -0.4 is 10.6 Å². The van der Waals surface area contributed by atoms with Crippen LogP contribution in [0.25, 0.3) is 10.9 Å². The monoisotopic (exact) mass is 404 g/mol. The first-order valence-electron chi connectivity index (χ1n) is 11.1. The lowest BCUT2D eigenvalue weighted by atomic mass is 9.94. The predicted octanol–water partition coefficient (Wildman–Crippen LogP) is 4.21. The molecule has 0 fully saturated rings. The quantitative estimate of drug-likeness (QED) is 0.620. The Bertz CT molecular complexity index is 1010. The van der Waals surface area contributed by atoms with E-state index in [-0.39, 0.29) is 18.0 Å². The first kappa shape index (κ1) is 20.6. The summed E-state index contributed by atoms with van der Waals surface area (Å²) in [4.78, 5) is 17.4. The molecule has 2 atom stereocenters. The highest BCUT2D eigenvalue weighted by atomic mass is 16.2. The van der Waals surface area contributed by atoms with Gasteiger partial charge in [-0.25, -0.2) is 0 Å². The van der Waals surface area contributed by atoms with Crippen molar-refractivity contribution in [3.63, 3.8) is 0 Å². The van der Waals surface area contributed by atoms with E-state index in [9.17, 15) is 4.79 Å². The zero-order valence-corrected chi connectivity index (χ0v) is 18.2. The highest BCUT2D eigenvalue weighted by Gasteiger charge is 2.30. The topological polar surface area (TPSA) is 59.0 Å². The second-order valence-electron chi connectivity index (χ2n) is 8.74. The van der Waals surface area contributed by atoms with E-state index >= 15 is 0 Å². The van der Waals surface area contributed by atoms with Gasteiger partial charge in [0, 0.05) is 35.9 Å². The SMILES string of the molecule is CCCNC(=O)C1Cc2cn(Cc3ccccn3)c3cccc(c23)C(CC(C)C)N1. The minimum atomic E-state index is -0.221. The molecule has 0 saturated heterocycles. The Labute approximate surface area is 178 Å². The van der Waals surface area contributed by atoms with Crippen LogP contribution in [-0.4, -0.2) is 28.0 Å². The third-order valence-corrected chi connectivity index (χ3v) is 5.85. The van der Waals surface area contributed by atoms with Gasteiger partial charge in [0.05, 0.1) is 18.3 Å². The van der Waals surface area contributed by atoms with E-state index in [2.05, 4.69) is 71.4 Å². The predicted molar refractivity (Wildman–Crippen MR) is 121 cm³/mol. The number of carbonyl (C=O) groups is 1. The molecular formula is C25H32N4O. The van der Waals surface area contributed by atoms with Crippen molar-refractivity contribution in [3.8, 4) is 0 Å². The van der Waals surface area contributed by atoms with Gasteiger partial charge in [0.1, 0.15) is 0 Å². The van der Waals surface area contributed by atoms with Gasteiger partial charge in [0.25, 0.3) is 0 Å². The van der Waals surface area contributed by atoms with Crippen molar-refractivity contribution >= 4 is 16.8 Å². The molecule has 0 spiro atoms. The van der Waals surface area contributed by atoms with E-state index in [1.165, 1.54) is 22.0 Å². The van der Waals surface area contributed by atoms with E-state index in [1.54, 1.807) is 0 Å². The Balaban J connectivity index is 1.76. The Morgan fingerprint density at radius 1 is 1.27 bits per heavy atom. The number of carbonyl (C=O) groups excluding carboxylic acids is 1. The second kappa shape index (κ2) is 9.00. The van der Waals surface area contributed by atoms with Crippen LogP contribution in [0.4, 0.5) is 0 Å². The molecule has 1 amide bonds. The Hall–Kier alpha value is -2.66. The number of amides is 1. The second-order valence-corrected chi connectivity index (χ2v) is 8.74. The summed E-state index contributed by atoms with van der Waals surface area (Å²) >= 11 is 0. The lowest BCUT2D eigenvalue weighted by Crippen LogP contribution is -2.46. The number of rotatable bonds is 7. The number of benzene rings is 1. The van der Waals surface area contributed by atoms with Crippen molar-refractivity contribution in [1.29, 1.82) is 0 Å². The summed E-state index contributed by atoms with van der Waals surface area (Å²) in [5.74, 6) is 0.637. The Morgan fingerprint density at radius 3 is 2.87 bits per heavy atom. The highest BCUT2D eigenvalue weighted by molar-refractivity contribution is 5.90. The molecule has 1 aliphatic heterocycles. The van der Waals surface area contributed by atoms with E-state index in [0.717, 1.165) is 31.6 Å². The Morgan fingerprint density at radius 2 is 2.13 bits per heavy atom. The number of hydrogen-bond donors (Lipinski definition) is 2. The van der Waals surface area contributed by atoms with Gasteiger partial charge in [-0.15, -0.1) is 0 Å². The van der Waals surface area contributed by atoms with Gasteiger partial charge in [-0.2, -0.15) is 0 Å². The number of pyridine rings is 1. The maximum atomic E-state index is 12.9. The van der Waals surface area contributed by atoms with Crippen molar-refractivity contribution in [3.05, 3.63) is 65.6 Å². The molecule has 5 nitrogen and oxygen atoms in total. The van der Waals surface area contributed by atoms with Crippen LogP contribution in [0.2, 0.25) is 0 Å². The van der Waals surface area contributed by atoms with Crippen LogP contribution in [0, 0.1) is 5.92 Å². The van der Waals surface area contributed by atoms with Crippen LogP contribution >= 0.6 is 0 Å². The van der Waals surface area contributed by atoms with Crippen LogP contribution in [0.1, 0.15) is 56.5 Å². The minimum Gasteiger partial charge on any atom is -0.355 e. The highest BCUT2D eigenvalue weighted by Crippen LogP contribution is 2.36. The van der Waals surface area contributed by atoms with Crippen LogP contribution in [0.5, 0.6) is 0 Å². The molecule has 2 unspecified atom stereocenters. The number of aromatic nitrogens is 2. The van der Waals surface area contributed by atoms with Crippen molar-refractivity contribution in [2.45, 2.75) is 58.7 Å². The molecule has 158 valence electrons. The molecular weight excluding hydrogens is 372 g/mol.